The maximum atomic E-state index is 6.25. The van der Waals surface area contributed by atoms with Crippen molar-refractivity contribution in [3.05, 3.63) is 34.3 Å². The van der Waals surface area contributed by atoms with E-state index in [0.717, 1.165) is 36.5 Å². The van der Waals surface area contributed by atoms with Crippen molar-refractivity contribution in [2.75, 3.05) is 6.61 Å². The second kappa shape index (κ2) is 6.55. The summed E-state index contributed by atoms with van der Waals surface area (Å²) >= 11 is 6.12. The Kier molecular flexibility index (Phi) is 5.04. The number of benzene rings is 1. The Bertz CT molecular complexity index is 388. The standard InChI is InChI=1S/C15H22ClNO/c1-11-13(7-3-8-14(11)16)15(17)9-2-5-12-6-4-10-18-12/h3,7-8,12,15H,2,4-6,9-10,17H2,1H3. The fraction of sp³-hybridized carbons (Fsp3) is 0.600. The fourth-order valence-electron chi connectivity index (χ4n) is 2.62. The zero-order valence-corrected chi connectivity index (χ0v) is 11.7. The smallest absolute Gasteiger partial charge is 0.0576 e. The highest BCUT2D eigenvalue weighted by Gasteiger charge is 2.16. The largest absolute Gasteiger partial charge is 0.378 e. The molecule has 18 heavy (non-hydrogen) atoms. The molecule has 1 saturated heterocycles. The molecule has 0 bridgehead atoms. The summed E-state index contributed by atoms with van der Waals surface area (Å²) in [6, 6.07) is 6.06. The van der Waals surface area contributed by atoms with Gasteiger partial charge in [0.05, 0.1) is 6.10 Å². The molecule has 2 atom stereocenters. The molecule has 0 spiro atoms. The van der Waals surface area contributed by atoms with Crippen LogP contribution in [0.4, 0.5) is 0 Å². The predicted molar refractivity (Wildman–Crippen MR) is 75.9 cm³/mol. The first kappa shape index (κ1) is 13.9. The molecule has 0 aliphatic carbocycles. The average Bonchev–Trinajstić information content (AvgIpc) is 2.85. The van der Waals surface area contributed by atoms with Gasteiger partial charge in [0.1, 0.15) is 0 Å². The summed E-state index contributed by atoms with van der Waals surface area (Å²) in [5.74, 6) is 0. The molecular formula is C15H22ClNO. The minimum atomic E-state index is 0.0881. The van der Waals surface area contributed by atoms with Gasteiger partial charge in [-0.05, 0) is 56.2 Å². The van der Waals surface area contributed by atoms with Gasteiger partial charge in [-0.15, -0.1) is 0 Å². The highest BCUT2D eigenvalue weighted by Crippen LogP contribution is 2.27. The molecule has 3 heteroatoms. The molecule has 1 aromatic carbocycles. The molecule has 100 valence electrons. The zero-order chi connectivity index (χ0) is 13.0. The van der Waals surface area contributed by atoms with Crippen molar-refractivity contribution in [2.24, 2.45) is 5.73 Å². The predicted octanol–water partition coefficient (Wildman–Crippen LogP) is 4.00. The van der Waals surface area contributed by atoms with E-state index < -0.39 is 0 Å². The van der Waals surface area contributed by atoms with Crippen LogP contribution in [0.2, 0.25) is 5.02 Å². The van der Waals surface area contributed by atoms with Gasteiger partial charge in [-0.25, -0.2) is 0 Å². The van der Waals surface area contributed by atoms with Crippen molar-refractivity contribution < 1.29 is 4.74 Å². The van der Waals surface area contributed by atoms with Gasteiger partial charge in [-0.2, -0.15) is 0 Å². The Morgan fingerprint density at radius 3 is 3.06 bits per heavy atom. The van der Waals surface area contributed by atoms with Crippen molar-refractivity contribution in [3.63, 3.8) is 0 Å². The average molecular weight is 268 g/mol. The fourth-order valence-corrected chi connectivity index (χ4v) is 2.80. The van der Waals surface area contributed by atoms with E-state index in [1.54, 1.807) is 0 Å². The van der Waals surface area contributed by atoms with Crippen LogP contribution in [0.5, 0.6) is 0 Å². The summed E-state index contributed by atoms with van der Waals surface area (Å²) < 4.78 is 5.62. The minimum Gasteiger partial charge on any atom is -0.378 e. The van der Waals surface area contributed by atoms with Gasteiger partial charge in [0.25, 0.3) is 0 Å². The van der Waals surface area contributed by atoms with Crippen molar-refractivity contribution in [1.82, 2.24) is 0 Å². The Morgan fingerprint density at radius 1 is 1.50 bits per heavy atom. The van der Waals surface area contributed by atoms with Gasteiger partial charge < -0.3 is 10.5 Å². The maximum Gasteiger partial charge on any atom is 0.0576 e. The first-order chi connectivity index (χ1) is 8.68. The van der Waals surface area contributed by atoms with E-state index in [1.165, 1.54) is 18.4 Å². The van der Waals surface area contributed by atoms with Crippen LogP contribution in [0.1, 0.15) is 49.3 Å². The van der Waals surface area contributed by atoms with Crippen molar-refractivity contribution >= 4 is 11.6 Å². The van der Waals surface area contributed by atoms with E-state index in [2.05, 4.69) is 6.07 Å². The van der Waals surface area contributed by atoms with Crippen molar-refractivity contribution in [2.45, 2.75) is 51.2 Å². The summed E-state index contributed by atoms with van der Waals surface area (Å²) in [6.45, 7) is 2.97. The first-order valence-electron chi connectivity index (χ1n) is 6.80. The molecular weight excluding hydrogens is 246 g/mol. The lowest BCUT2D eigenvalue weighted by atomic mass is 9.96. The van der Waals surface area contributed by atoms with Crippen LogP contribution in [-0.4, -0.2) is 12.7 Å². The van der Waals surface area contributed by atoms with E-state index in [-0.39, 0.29) is 6.04 Å². The van der Waals surface area contributed by atoms with E-state index >= 15 is 0 Å². The van der Waals surface area contributed by atoms with Crippen molar-refractivity contribution in [3.8, 4) is 0 Å². The normalized spacial score (nSPS) is 21.2. The molecule has 2 N–H and O–H groups in total. The monoisotopic (exact) mass is 267 g/mol. The van der Waals surface area contributed by atoms with Gasteiger partial charge in [-0.3, -0.25) is 0 Å². The number of nitrogens with two attached hydrogens (primary N) is 1. The SMILES string of the molecule is Cc1c(Cl)cccc1C(N)CCCC1CCCO1. The summed E-state index contributed by atoms with van der Waals surface area (Å²) in [5, 5.41) is 0.807. The van der Waals surface area contributed by atoms with Crippen LogP contribution in [0, 0.1) is 6.92 Å². The Labute approximate surface area is 114 Å². The van der Waals surface area contributed by atoms with Crippen LogP contribution < -0.4 is 5.73 Å². The maximum absolute atomic E-state index is 6.25. The molecule has 1 fully saturated rings. The lowest BCUT2D eigenvalue weighted by Gasteiger charge is -2.16. The summed E-state index contributed by atoms with van der Waals surface area (Å²) in [7, 11) is 0. The third-order valence-corrected chi connectivity index (χ3v) is 4.18. The number of rotatable bonds is 5. The molecule has 1 aromatic rings. The van der Waals surface area contributed by atoms with Crippen LogP contribution >= 0.6 is 11.6 Å². The Hall–Kier alpha value is -0.570. The van der Waals surface area contributed by atoms with E-state index in [0.29, 0.717) is 6.10 Å². The highest BCUT2D eigenvalue weighted by molar-refractivity contribution is 6.31. The number of hydrogen-bond acceptors (Lipinski definition) is 2. The molecule has 0 saturated carbocycles. The van der Waals surface area contributed by atoms with Crippen LogP contribution in [0.15, 0.2) is 18.2 Å². The van der Waals surface area contributed by atoms with Gasteiger partial charge in [0.2, 0.25) is 0 Å². The van der Waals surface area contributed by atoms with Gasteiger partial charge >= 0.3 is 0 Å². The lowest BCUT2D eigenvalue weighted by molar-refractivity contribution is 0.101. The van der Waals surface area contributed by atoms with Crippen LogP contribution in [-0.2, 0) is 4.74 Å². The number of halogens is 1. The van der Waals surface area contributed by atoms with Crippen LogP contribution in [0.3, 0.4) is 0 Å². The summed E-state index contributed by atoms with van der Waals surface area (Å²) in [6.07, 6.45) is 6.15. The molecule has 2 unspecified atom stereocenters. The van der Waals surface area contributed by atoms with Crippen molar-refractivity contribution in [1.29, 1.82) is 0 Å². The Balaban J connectivity index is 1.83. The zero-order valence-electron chi connectivity index (χ0n) is 11.0. The number of ether oxygens (including phenoxy) is 1. The van der Waals surface area contributed by atoms with Gasteiger partial charge in [0, 0.05) is 17.7 Å². The molecule has 0 aromatic heterocycles. The van der Waals surface area contributed by atoms with E-state index in [1.807, 2.05) is 19.1 Å². The minimum absolute atomic E-state index is 0.0881. The molecule has 2 nitrogen and oxygen atoms in total. The Morgan fingerprint density at radius 2 is 2.33 bits per heavy atom. The molecule has 0 amide bonds. The summed E-state index contributed by atoms with van der Waals surface area (Å²) in [4.78, 5) is 0. The summed E-state index contributed by atoms with van der Waals surface area (Å²) in [5.41, 5.74) is 8.54. The molecule has 1 heterocycles. The second-order valence-corrected chi connectivity index (χ2v) is 5.53. The quantitative estimate of drug-likeness (QED) is 0.875. The molecule has 1 aliphatic rings. The van der Waals surface area contributed by atoms with Gasteiger partial charge in [0.15, 0.2) is 0 Å². The second-order valence-electron chi connectivity index (χ2n) is 5.13. The third kappa shape index (κ3) is 3.47. The van der Waals surface area contributed by atoms with E-state index in [9.17, 15) is 0 Å². The first-order valence-corrected chi connectivity index (χ1v) is 7.18. The molecule has 1 aliphatic heterocycles. The number of hydrogen-bond donors (Lipinski definition) is 1. The lowest BCUT2D eigenvalue weighted by Crippen LogP contribution is -2.13. The van der Waals surface area contributed by atoms with Crippen LogP contribution in [0.25, 0.3) is 0 Å². The molecule has 0 radical (unpaired) electrons. The van der Waals surface area contributed by atoms with E-state index in [4.69, 9.17) is 22.1 Å². The topological polar surface area (TPSA) is 35.2 Å². The third-order valence-electron chi connectivity index (χ3n) is 3.77. The van der Waals surface area contributed by atoms with Gasteiger partial charge in [-0.1, -0.05) is 23.7 Å². The highest BCUT2D eigenvalue weighted by atomic mass is 35.5. The molecule has 2 rings (SSSR count).